The molecule has 3 aromatic carbocycles. The predicted molar refractivity (Wildman–Crippen MR) is 117 cm³/mol. The molecule has 2 amide bonds. The van der Waals surface area contributed by atoms with Crippen molar-refractivity contribution in [2.75, 3.05) is 4.90 Å². The lowest BCUT2D eigenvalue weighted by Crippen LogP contribution is -2.51. The van der Waals surface area contributed by atoms with Gasteiger partial charge in [0.2, 0.25) is 11.8 Å². The molecule has 0 unspecified atom stereocenters. The molecule has 1 aliphatic heterocycles. The fourth-order valence-electron chi connectivity index (χ4n) is 6.25. The zero-order chi connectivity index (χ0) is 21.5. The van der Waals surface area contributed by atoms with E-state index >= 15 is 0 Å². The van der Waals surface area contributed by atoms with Gasteiger partial charge in [-0.2, -0.15) is 0 Å². The summed E-state index contributed by atoms with van der Waals surface area (Å²) in [5, 5.41) is 0. The summed E-state index contributed by atoms with van der Waals surface area (Å²) in [6.45, 7) is 3.62. The van der Waals surface area contributed by atoms with Gasteiger partial charge in [-0.05, 0) is 53.4 Å². The molecule has 3 aliphatic carbocycles. The minimum atomic E-state index is -0.562. The molecule has 0 aromatic heterocycles. The first-order chi connectivity index (χ1) is 14.9. The number of imide groups is 1. The Balaban J connectivity index is 1.55. The third-order valence-electron chi connectivity index (χ3n) is 7.57. The smallest absolute Gasteiger partial charge is 0.238 e. The average molecular weight is 407 g/mol. The zero-order valence-corrected chi connectivity index (χ0v) is 17.3. The number of hydrogen-bond acceptors (Lipinski definition) is 3. The quantitative estimate of drug-likeness (QED) is 0.466. The van der Waals surface area contributed by atoms with E-state index in [1.54, 1.807) is 24.3 Å². The number of amides is 2. The van der Waals surface area contributed by atoms with E-state index < -0.39 is 17.3 Å². The van der Waals surface area contributed by atoms with Crippen molar-refractivity contribution in [3.63, 3.8) is 0 Å². The number of benzene rings is 3. The Morgan fingerprint density at radius 1 is 0.806 bits per heavy atom. The van der Waals surface area contributed by atoms with E-state index in [2.05, 4.69) is 31.2 Å². The monoisotopic (exact) mass is 407 g/mol. The van der Waals surface area contributed by atoms with Crippen molar-refractivity contribution in [3.8, 4) is 0 Å². The zero-order valence-electron chi connectivity index (χ0n) is 17.3. The van der Waals surface area contributed by atoms with Crippen LogP contribution in [0.1, 0.15) is 52.4 Å². The van der Waals surface area contributed by atoms with Gasteiger partial charge in [0.25, 0.3) is 0 Å². The highest BCUT2D eigenvalue weighted by Gasteiger charge is 2.66. The standard InChI is InChI=1S/C27H21NO3/c1-15(29)16-11-13-17(14-12-16)28-25(30)23-22-18-7-3-5-9-20(18)27(2,24(23)26(28)31)21-10-6-4-8-19(21)22/h3-14,22-24H,1-2H3/t22?,23-,24+,27?/m1/s1. The van der Waals surface area contributed by atoms with E-state index in [0.717, 1.165) is 22.3 Å². The fourth-order valence-corrected chi connectivity index (χ4v) is 6.25. The summed E-state index contributed by atoms with van der Waals surface area (Å²) in [5.74, 6) is -1.34. The Hall–Kier alpha value is -3.53. The molecule has 152 valence electrons. The normalized spacial score (nSPS) is 27.7. The van der Waals surface area contributed by atoms with Gasteiger partial charge < -0.3 is 0 Å². The first-order valence-corrected chi connectivity index (χ1v) is 10.6. The highest BCUT2D eigenvalue weighted by molar-refractivity contribution is 6.23. The summed E-state index contributed by atoms with van der Waals surface area (Å²) >= 11 is 0. The molecule has 2 bridgehead atoms. The Morgan fingerprint density at radius 3 is 1.90 bits per heavy atom. The topological polar surface area (TPSA) is 54.5 Å². The van der Waals surface area contributed by atoms with Crippen LogP contribution in [0.15, 0.2) is 72.8 Å². The van der Waals surface area contributed by atoms with Crippen molar-refractivity contribution in [1.29, 1.82) is 0 Å². The van der Waals surface area contributed by atoms with Crippen LogP contribution in [-0.4, -0.2) is 17.6 Å². The SMILES string of the molecule is CC(=O)c1ccc(N2C(=O)[C@@H]3C4c5ccccc5C(C)(c5ccccc54)[C@@H]3C2=O)cc1. The van der Waals surface area contributed by atoms with Gasteiger partial charge in [0, 0.05) is 16.9 Å². The van der Waals surface area contributed by atoms with Crippen LogP contribution in [-0.2, 0) is 15.0 Å². The average Bonchev–Trinajstić information content (AvgIpc) is 3.06. The van der Waals surface area contributed by atoms with Crippen molar-refractivity contribution in [2.45, 2.75) is 25.2 Å². The first-order valence-electron chi connectivity index (χ1n) is 10.6. The molecule has 0 saturated carbocycles. The molecule has 3 aromatic rings. The molecule has 4 aliphatic rings. The Bertz CT molecular complexity index is 1240. The maximum Gasteiger partial charge on any atom is 0.238 e. The van der Waals surface area contributed by atoms with E-state index in [-0.39, 0.29) is 23.5 Å². The van der Waals surface area contributed by atoms with Crippen LogP contribution in [0.3, 0.4) is 0 Å². The van der Waals surface area contributed by atoms with Crippen LogP contribution in [0.25, 0.3) is 0 Å². The summed E-state index contributed by atoms with van der Waals surface area (Å²) in [4.78, 5) is 40.6. The van der Waals surface area contributed by atoms with Crippen molar-refractivity contribution < 1.29 is 14.4 Å². The molecule has 1 heterocycles. The Labute approximate surface area is 180 Å². The lowest BCUT2D eigenvalue weighted by molar-refractivity contribution is -0.123. The minimum Gasteiger partial charge on any atom is -0.295 e. The van der Waals surface area contributed by atoms with E-state index in [1.807, 2.05) is 24.3 Å². The second kappa shape index (κ2) is 6.01. The number of nitrogens with zero attached hydrogens (tertiary/aromatic N) is 1. The van der Waals surface area contributed by atoms with E-state index in [4.69, 9.17) is 0 Å². The number of anilines is 1. The lowest BCUT2D eigenvalue weighted by Gasteiger charge is -2.52. The summed E-state index contributed by atoms with van der Waals surface area (Å²) in [7, 11) is 0. The highest BCUT2D eigenvalue weighted by Crippen LogP contribution is 2.64. The molecule has 0 N–H and O–H groups in total. The molecule has 1 fully saturated rings. The summed E-state index contributed by atoms with van der Waals surface area (Å²) in [6, 6.07) is 23.2. The van der Waals surface area contributed by atoms with Gasteiger partial charge >= 0.3 is 0 Å². The van der Waals surface area contributed by atoms with Gasteiger partial charge in [0.15, 0.2) is 5.78 Å². The van der Waals surface area contributed by atoms with Gasteiger partial charge in [-0.1, -0.05) is 55.5 Å². The molecule has 0 radical (unpaired) electrons. The number of rotatable bonds is 2. The van der Waals surface area contributed by atoms with Crippen LogP contribution in [0.4, 0.5) is 5.69 Å². The maximum absolute atomic E-state index is 13.8. The Kier molecular flexibility index (Phi) is 3.54. The van der Waals surface area contributed by atoms with Gasteiger partial charge in [0.05, 0.1) is 17.5 Å². The van der Waals surface area contributed by atoms with Crippen LogP contribution in [0, 0.1) is 11.8 Å². The second-order valence-corrected chi connectivity index (χ2v) is 8.97. The summed E-state index contributed by atoms with van der Waals surface area (Å²) in [6.07, 6.45) is 0. The summed E-state index contributed by atoms with van der Waals surface area (Å²) in [5.41, 5.74) is 5.13. The van der Waals surface area contributed by atoms with E-state index in [9.17, 15) is 14.4 Å². The van der Waals surface area contributed by atoms with Crippen LogP contribution < -0.4 is 4.90 Å². The van der Waals surface area contributed by atoms with Gasteiger partial charge in [-0.25, -0.2) is 4.90 Å². The predicted octanol–water partition coefficient (Wildman–Crippen LogP) is 4.46. The third kappa shape index (κ3) is 2.12. The van der Waals surface area contributed by atoms with Gasteiger partial charge in [0.1, 0.15) is 0 Å². The fraction of sp³-hybridized carbons (Fsp3) is 0.222. The number of Topliss-reactive ketones (excluding diaryl/α,β-unsaturated/α-hetero) is 1. The highest BCUT2D eigenvalue weighted by atomic mass is 16.2. The number of hydrogen-bond donors (Lipinski definition) is 0. The van der Waals surface area contributed by atoms with Gasteiger partial charge in [-0.3, -0.25) is 14.4 Å². The van der Waals surface area contributed by atoms with Gasteiger partial charge in [-0.15, -0.1) is 0 Å². The van der Waals surface area contributed by atoms with Crippen molar-refractivity contribution >= 4 is 23.3 Å². The van der Waals surface area contributed by atoms with Crippen LogP contribution >= 0.6 is 0 Å². The molecule has 2 atom stereocenters. The molecular weight excluding hydrogens is 386 g/mol. The number of carbonyl (C=O) groups is 3. The largest absolute Gasteiger partial charge is 0.295 e. The number of carbonyl (C=O) groups excluding carboxylic acids is 3. The first kappa shape index (κ1) is 18.3. The number of ketones is 1. The van der Waals surface area contributed by atoms with E-state index in [1.165, 1.54) is 11.8 Å². The molecule has 31 heavy (non-hydrogen) atoms. The summed E-state index contributed by atoms with van der Waals surface area (Å²) < 4.78 is 0. The van der Waals surface area contributed by atoms with Crippen molar-refractivity contribution in [2.24, 2.45) is 11.8 Å². The van der Waals surface area contributed by atoms with E-state index in [0.29, 0.717) is 11.3 Å². The lowest BCUT2D eigenvalue weighted by atomic mass is 9.48. The van der Waals surface area contributed by atoms with Crippen LogP contribution in [0.2, 0.25) is 0 Å². The molecule has 4 heteroatoms. The minimum absolute atomic E-state index is 0.0456. The van der Waals surface area contributed by atoms with Crippen molar-refractivity contribution in [1.82, 2.24) is 0 Å². The van der Waals surface area contributed by atoms with Crippen molar-refractivity contribution in [3.05, 3.63) is 101 Å². The molecule has 1 saturated heterocycles. The Morgan fingerprint density at radius 2 is 1.35 bits per heavy atom. The molecular formula is C27H21NO3. The molecule has 4 nitrogen and oxygen atoms in total. The maximum atomic E-state index is 13.8. The third-order valence-corrected chi connectivity index (χ3v) is 7.57. The molecule has 0 spiro atoms. The second-order valence-electron chi connectivity index (χ2n) is 8.97. The van der Waals surface area contributed by atoms with Crippen LogP contribution in [0.5, 0.6) is 0 Å². The molecule has 7 rings (SSSR count).